The topological polar surface area (TPSA) is 40.9 Å². The molecule has 146 valence electrons. The van der Waals surface area contributed by atoms with Gasteiger partial charge in [-0.15, -0.1) is 0 Å². The fraction of sp³-hybridized carbons (Fsp3) is 0.476. The van der Waals surface area contributed by atoms with Crippen LogP contribution in [0.3, 0.4) is 0 Å². The molecule has 0 saturated heterocycles. The van der Waals surface area contributed by atoms with Gasteiger partial charge in [-0.2, -0.15) is 0 Å². The maximum absolute atomic E-state index is 12.4. The van der Waals surface area contributed by atoms with Gasteiger partial charge in [0.1, 0.15) is 0 Å². The molecule has 1 aromatic rings. The average molecular weight is 458 g/mol. The Morgan fingerprint density at radius 3 is 1.93 bits per heavy atom. The van der Waals surface area contributed by atoms with Gasteiger partial charge in [-0.05, 0) is 53.0 Å². The van der Waals surface area contributed by atoms with Crippen molar-refractivity contribution in [2.75, 3.05) is 0 Å². The molecule has 2 nitrogen and oxygen atoms in total. The van der Waals surface area contributed by atoms with Crippen molar-refractivity contribution in [2.45, 2.75) is 66.0 Å². The zero-order valence-electron chi connectivity index (χ0n) is 17.3. The molecule has 27 heavy (non-hydrogen) atoms. The zero-order valence-corrected chi connectivity index (χ0v) is 21.3. The molecule has 1 amide bonds. The van der Waals surface area contributed by atoms with Crippen molar-refractivity contribution in [1.82, 2.24) is 0 Å². The number of amides is 1. The van der Waals surface area contributed by atoms with Crippen LogP contribution in [0.1, 0.15) is 78.6 Å². The van der Waals surface area contributed by atoms with Crippen molar-refractivity contribution in [3.05, 3.63) is 51.8 Å². The van der Waals surface area contributed by atoms with Gasteiger partial charge < -0.3 is 35.3 Å². The Kier molecular flexibility index (Phi) is 12.4. The van der Waals surface area contributed by atoms with Gasteiger partial charge in [0.25, 0.3) is 0 Å². The van der Waals surface area contributed by atoms with E-state index in [2.05, 4.69) is 65.9 Å². The zero-order chi connectivity index (χ0) is 18.2. The Morgan fingerprint density at radius 2 is 1.59 bits per heavy atom. The summed E-state index contributed by atoms with van der Waals surface area (Å²) in [6.45, 7) is 15.4. The number of carbonyl (C=O) groups excluding carboxylic acids is 1. The number of benzene rings is 1. The van der Waals surface area contributed by atoms with Crippen LogP contribution in [0.15, 0.2) is 18.2 Å². The molecule has 2 radical (unpaired) electrons. The van der Waals surface area contributed by atoms with Crippen molar-refractivity contribution in [3.63, 3.8) is 0 Å². The van der Waals surface area contributed by atoms with Crippen molar-refractivity contribution >= 4 is 25.5 Å². The molecule has 0 spiro atoms. The molecule has 0 atom stereocenters. The number of hydrogen-bond donors (Lipinski definition) is 0. The van der Waals surface area contributed by atoms with E-state index in [1.165, 1.54) is 21.9 Å². The number of rotatable bonds is 5. The molecule has 1 aliphatic carbocycles. The first-order valence-corrected chi connectivity index (χ1v) is 11.3. The average Bonchev–Trinajstić information content (AvgIpc) is 2.98. The molecule has 0 aromatic heterocycles. The number of allylic oxidation sites excluding steroid dienone is 4. The number of carbonyl (C=O) groups is 1. The van der Waals surface area contributed by atoms with Crippen LogP contribution in [0, 0.1) is 6.92 Å². The summed E-state index contributed by atoms with van der Waals surface area (Å²) in [5, 5.41) is 1.36. The number of hydrogen-bond acceptors (Lipinski definition) is 1. The summed E-state index contributed by atoms with van der Waals surface area (Å²) < 4.78 is 0. The van der Waals surface area contributed by atoms with Gasteiger partial charge in [0, 0.05) is 5.56 Å². The summed E-state index contributed by atoms with van der Waals surface area (Å²) in [6.07, 6.45) is 7.35. The van der Waals surface area contributed by atoms with E-state index >= 15 is 0 Å². The molecule has 1 aromatic carbocycles. The standard InChI is InChI=1S/C21H30NOSi.2ClH.Ti/c1-12(2)16-18(15-10-8-9-11-15)14(5)20(24(6)7)17(13(3)4)19(16)21(22)23;;;/h8-10,12-13H,11H2,1-7H3,(H2,22,23);2*1H;/q;;;+3/p-3. The van der Waals surface area contributed by atoms with Crippen LogP contribution < -0.4 is 30.0 Å². The van der Waals surface area contributed by atoms with E-state index in [-0.39, 0.29) is 58.4 Å². The predicted molar refractivity (Wildman–Crippen MR) is 107 cm³/mol. The maximum Gasteiger partial charge on any atom is 3.00 e. The van der Waals surface area contributed by atoms with E-state index < -0.39 is 14.7 Å². The first-order chi connectivity index (χ1) is 11.2. The second-order valence-corrected chi connectivity index (χ2v) is 10.0. The van der Waals surface area contributed by atoms with Crippen molar-refractivity contribution in [2.24, 2.45) is 0 Å². The fourth-order valence-corrected chi connectivity index (χ4v) is 5.84. The molecule has 1 aliphatic rings. The van der Waals surface area contributed by atoms with Gasteiger partial charge >= 0.3 is 21.7 Å². The Balaban J connectivity index is 0. The molecule has 0 heterocycles. The Labute approximate surface area is 193 Å². The first kappa shape index (κ1) is 28.9. The third-order valence-corrected chi connectivity index (χ3v) is 6.45. The van der Waals surface area contributed by atoms with Gasteiger partial charge in [-0.25, -0.2) is 0 Å². The van der Waals surface area contributed by atoms with Crippen LogP contribution in [0.2, 0.25) is 13.1 Å². The molecule has 2 rings (SSSR count). The van der Waals surface area contributed by atoms with Gasteiger partial charge in [0.05, 0.1) is 14.7 Å². The summed E-state index contributed by atoms with van der Waals surface area (Å²) in [5.74, 6) is -0.0507. The predicted octanol–water partition coefficient (Wildman–Crippen LogP) is -0.256. The van der Waals surface area contributed by atoms with Gasteiger partial charge in [-0.1, -0.05) is 64.2 Å². The minimum absolute atomic E-state index is 0. The van der Waals surface area contributed by atoms with E-state index in [9.17, 15) is 4.79 Å². The van der Waals surface area contributed by atoms with Crippen LogP contribution >= 0.6 is 0 Å². The normalized spacial score (nSPS) is 12.6. The molecular weight excluding hydrogens is 429 g/mol. The molecule has 0 saturated carbocycles. The van der Waals surface area contributed by atoms with Crippen molar-refractivity contribution in [3.8, 4) is 0 Å². The first-order valence-electron chi connectivity index (χ1n) is 8.81. The van der Waals surface area contributed by atoms with E-state index in [0.717, 1.165) is 17.5 Å². The van der Waals surface area contributed by atoms with Gasteiger partial charge in [0.15, 0.2) is 0 Å². The third-order valence-electron chi connectivity index (χ3n) is 4.80. The minimum Gasteiger partial charge on any atom is -1.00 e. The Hall–Kier alpha value is -0.319. The maximum atomic E-state index is 12.4. The summed E-state index contributed by atoms with van der Waals surface area (Å²) >= 11 is 0. The Morgan fingerprint density at radius 1 is 1.07 bits per heavy atom. The molecule has 0 unspecified atom stereocenters. The van der Waals surface area contributed by atoms with E-state index in [0.29, 0.717) is 5.56 Å². The molecular formula is C21H29Cl2NOSiTi. The SMILES string of the molecule is Cc1c(C2=CC=CC2)c(C(C)C)c(C([NH-])=O)c(C(C)C)c1[Si](C)C.[Cl-].[Cl-].[Ti+3]. The van der Waals surface area contributed by atoms with Crippen molar-refractivity contribution < 1.29 is 51.3 Å². The number of halogens is 2. The quantitative estimate of drug-likeness (QED) is 0.561. The van der Waals surface area contributed by atoms with E-state index in [4.69, 9.17) is 5.73 Å². The second kappa shape index (κ2) is 11.6. The molecule has 6 heteroatoms. The van der Waals surface area contributed by atoms with Gasteiger partial charge in [0.2, 0.25) is 0 Å². The number of nitrogens with one attached hydrogen (secondary N) is 1. The van der Waals surface area contributed by atoms with Gasteiger partial charge in [-0.3, -0.25) is 0 Å². The molecule has 1 N–H and O–H groups in total. The van der Waals surface area contributed by atoms with Crippen LogP contribution in [0.25, 0.3) is 11.3 Å². The summed E-state index contributed by atoms with van der Waals surface area (Å²) in [4.78, 5) is 12.4. The smallest absolute Gasteiger partial charge is 1.00 e. The minimum atomic E-state index is -0.748. The largest absolute Gasteiger partial charge is 3.00 e. The second-order valence-electron chi connectivity index (χ2n) is 7.54. The molecule has 0 fully saturated rings. The van der Waals surface area contributed by atoms with E-state index in [1.807, 2.05) is 0 Å². The van der Waals surface area contributed by atoms with Crippen molar-refractivity contribution in [1.29, 1.82) is 0 Å². The van der Waals surface area contributed by atoms with Crippen LogP contribution in [0.4, 0.5) is 0 Å². The van der Waals surface area contributed by atoms with Crippen LogP contribution in [0.5, 0.6) is 0 Å². The summed E-state index contributed by atoms with van der Waals surface area (Å²) in [6, 6.07) is 0. The fourth-order valence-electron chi connectivity index (χ4n) is 4.01. The molecule has 0 aliphatic heterocycles. The van der Waals surface area contributed by atoms with E-state index in [1.54, 1.807) is 0 Å². The molecule has 0 bridgehead atoms. The third kappa shape index (κ3) is 5.61. The van der Waals surface area contributed by atoms with Crippen LogP contribution in [-0.2, 0) is 21.7 Å². The summed E-state index contributed by atoms with van der Waals surface area (Å²) in [5.41, 5.74) is 14.7. The van der Waals surface area contributed by atoms with Crippen LogP contribution in [-0.4, -0.2) is 14.7 Å². The Bertz CT molecular complexity index is 740. The summed E-state index contributed by atoms with van der Waals surface area (Å²) in [7, 11) is -0.748. The monoisotopic (exact) mass is 457 g/mol.